The quantitative estimate of drug-likeness (QED) is 0.746. The summed E-state index contributed by atoms with van der Waals surface area (Å²) in [7, 11) is 0. The highest BCUT2D eigenvalue weighted by Gasteiger charge is 2.12. The van der Waals surface area contributed by atoms with Crippen LogP contribution in [-0.4, -0.2) is 10.1 Å². The summed E-state index contributed by atoms with van der Waals surface area (Å²) >= 11 is 7.56. The van der Waals surface area contributed by atoms with Gasteiger partial charge in [0.25, 0.3) is 0 Å². The largest absolute Gasteiger partial charge is 0.488 e. The molecule has 0 amide bonds. The molecule has 1 aromatic heterocycles. The van der Waals surface area contributed by atoms with Crippen LogP contribution in [0.1, 0.15) is 11.3 Å². The molecule has 5 heteroatoms. The average Bonchev–Trinajstić information content (AvgIpc) is 3.03. The van der Waals surface area contributed by atoms with E-state index < -0.39 is 0 Å². The number of hydrogen-bond acceptors (Lipinski definition) is 4. The predicted octanol–water partition coefficient (Wildman–Crippen LogP) is 4.53. The molecule has 0 aliphatic heterocycles. The summed E-state index contributed by atoms with van der Waals surface area (Å²) in [5, 5.41) is 12.4. The van der Waals surface area contributed by atoms with Gasteiger partial charge in [0.05, 0.1) is 17.9 Å². The Morgan fingerprint density at radius 2 is 1.95 bits per heavy atom. The highest BCUT2D eigenvalue weighted by molar-refractivity contribution is 7.13. The molecule has 0 radical (unpaired) electrons. The van der Waals surface area contributed by atoms with Crippen LogP contribution >= 0.6 is 22.9 Å². The Labute approximate surface area is 137 Å². The standard InChI is InChI=1S/C17H14ClNO2S/c18-13-6-7-16(21-10-12-4-2-1-3-5-12)15(8-13)17-19-14(9-20)11-22-17/h1-8,11,20H,9-10H2. The lowest BCUT2D eigenvalue weighted by Crippen LogP contribution is -1.97. The molecule has 0 aliphatic carbocycles. The van der Waals surface area contributed by atoms with E-state index in [1.165, 1.54) is 11.3 Å². The summed E-state index contributed by atoms with van der Waals surface area (Å²) in [6.07, 6.45) is 0. The summed E-state index contributed by atoms with van der Waals surface area (Å²) < 4.78 is 5.92. The highest BCUT2D eigenvalue weighted by atomic mass is 35.5. The van der Waals surface area contributed by atoms with Crippen molar-refractivity contribution in [2.45, 2.75) is 13.2 Å². The number of ether oxygens (including phenoxy) is 1. The van der Waals surface area contributed by atoms with Crippen LogP contribution in [-0.2, 0) is 13.2 Å². The van der Waals surface area contributed by atoms with Gasteiger partial charge in [0, 0.05) is 10.4 Å². The molecule has 22 heavy (non-hydrogen) atoms. The van der Waals surface area contributed by atoms with Crippen molar-refractivity contribution in [1.82, 2.24) is 4.98 Å². The normalized spacial score (nSPS) is 10.6. The molecule has 0 bridgehead atoms. The van der Waals surface area contributed by atoms with E-state index in [1.54, 1.807) is 6.07 Å². The lowest BCUT2D eigenvalue weighted by molar-refractivity contribution is 0.277. The Kier molecular flexibility index (Phi) is 4.73. The molecular weight excluding hydrogens is 318 g/mol. The molecule has 0 unspecified atom stereocenters. The van der Waals surface area contributed by atoms with Gasteiger partial charge in [0.1, 0.15) is 17.4 Å². The molecule has 3 aromatic rings. The first-order chi connectivity index (χ1) is 10.8. The lowest BCUT2D eigenvalue weighted by atomic mass is 10.2. The second kappa shape index (κ2) is 6.92. The molecule has 0 atom stereocenters. The Hall–Kier alpha value is -1.88. The number of nitrogens with zero attached hydrogens (tertiary/aromatic N) is 1. The van der Waals surface area contributed by atoms with Crippen LogP contribution in [0.5, 0.6) is 5.75 Å². The molecule has 0 spiro atoms. The number of aliphatic hydroxyl groups is 1. The maximum atomic E-state index is 9.16. The third-order valence-corrected chi connectivity index (χ3v) is 4.28. The molecular formula is C17H14ClNO2S. The monoisotopic (exact) mass is 331 g/mol. The SMILES string of the molecule is OCc1csc(-c2cc(Cl)ccc2OCc2ccccc2)n1. The summed E-state index contributed by atoms with van der Waals surface area (Å²) in [5.41, 5.74) is 2.58. The van der Waals surface area contributed by atoms with E-state index in [0.717, 1.165) is 21.9 Å². The fraction of sp³-hybridized carbons (Fsp3) is 0.118. The molecule has 112 valence electrons. The lowest BCUT2D eigenvalue weighted by Gasteiger charge is -2.10. The van der Waals surface area contributed by atoms with E-state index in [2.05, 4.69) is 4.98 Å². The van der Waals surface area contributed by atoms with Crippen molar-refractivity contribution < 1.29 is 9.84 Å². The number of aliphatic hydroxyl groups excluding tert-OH is 1. The van der Waals surface area contributed by atoms with Crippen molar-refractivity contribution in [3.05, 3.63) is 70.2 Å². The van der Waals surface area contributed by atoms with E-state index in [4.69, 9.17) is 21.4 Å². The summed E-state index contributed by atoms with van der Waals surface area (Å²) in [6.45, 7) is 0.408. The third kappa shape index (κ3) is 3.47. The minimum absolute atomic E-state index is 0.0722. The molecule has 3 rings (SSSR count). The summed E-state index contributed by atoms with van der Waals surface area (Å²) in [5.74, 6) is 0.729. The summed E-state index contributed by atoms with van der Waals surface area (Å²) in [4.78, 5) is 4.39. The van der Waals surface area contributed by atoms with Gasteiger partial charge in [-0.05, 0) is 23.8 Å². The smallest absolute Gasteiger partial charge is 0.130 e. The van der Waals surface area contributed by atoms with Gasteiger partial charge in [-0.3, -0.25) is 0 Å². The average molecular weight is 332 g/mol. The summed E-state index contributed by atoms with van der Waals surface area (Å²) in [6, 6.07) is 15.5. The molecule has 2 aromatic carbocycles. The first-order valence-electron chi connectivity index (χ1n) is 6.78. The Morgan fingerprint density at radius 1 is 1.14 bits per heavy atom. The van der Waals surface area contributed by atoms with Crippen LogP contribution in [0.25, 0.3) is 10.6 Å². The van der Waals surface area contributed by atoms with Crippen molar-refractivity contribution in [2.24, 2.45) is 0 Å². The topological polar surface area (TPSA) is 42.4 Å². The van der Waals surface area contributed by atoms with Crippen LogP contribution in [0.4, 0.5) is 0 Å². The molecule has 0 saturated carbocycles. The van der Waals surface area contributed by atoms with Gasteiger partial charge >= 0.3 is 0 Å². The minimum atomic E-state index is -0.0722. The number of halogens is 1. The van der Waals surface area contributed by atoms with Crippen molar-refractivity contribution in [1.29, 1.82) is 0 Å². The van der Waals surface area contributed by atoms with Crippen LogP contribution in [0, 0.1) is 0 Å². The number of rotatable bonds is 5. The van der Waals surface area contributed by atoms with Gasteiger partial charge in [-0.15, -0.1) is 11.3 Å². The van der Waals surface area contributed by atoms with Crippen LogP contribution < -0.4 is 4.74 Å². The minimum Gasteiger partial charge on any atom is -0.488 e. The molecule has 0 fully saturated rings. The zero-order valence-electron chi connectivity index (χ0n) is 11.7. The van der Waals surface area contributed by atoms with Crippen LogP contribution in [0.2, 0.25) is 5.02 Å². The van der Waals surface area contributed by atoms with E-state index in [0.29, 0.717) is 17.3 Å². The fourth-order valence-corrected chi connectivity index (χ4v) is 3.04. The zero-order chi connectivity index (χ0) is 15.4. The van der Waals surface area contributed by atoms with E-state index in [1.807, 2.05) is 47.8 Å². The van der Waals surface area contributed by atoms with Crippen molar-refractivity contribution in [2.75, 3.05) is 0 Å². The van der Waals surface area contributed by atoms with Crippen molar-refractivity contribution >= 4 is 22.9 Å². The van der Waals surface area contributed by atoms with Gasteiger partial charge in [0.15, 0.2) is 0 Å². The van der Waals surface area contributed by atoms with E-state index >= 15 is 0 Å². The molecule has 1 N–H and O–H groups in total. The Morgan fingerprint density at radius 3 is 2.68 bits per heavy atom. The highest BCUT2D eigenvalue weighted by Crippen LogP contribution is 2.35. The predicted molar refractivity (Wildman–Crippen MR) is 89.3 cm³/mol. The maximum Gasteiger partial charge on any atom is 0.130 e. The van der Waals surface area contributed by atoms with Crippen molar-refractivity contribution in [3.8, 4) is 16.3 Å². The second-order valence-corrected chi connectivity index (χ2v) is 6.01. The maximum absolute atomic E-state index is 9.16. The Bertz CT molecular complexity index is 758. The zero-order valence-corrected chi connectivity index (χ0v) is 13.3. The van der Waals surface area contributed by atoms with E-state index in [-0.39, 0.29) is 6.61 Å². The van der Waals surface area contributed by atoms with Crippen molar-refractivity contribution in [3.63, 3.8) is 0 Å². The van der Waals surface area contributed by atoms with E-state index in [9.17, 15) is 0 Å². The first-order valence-corrected chi connectivity index (χ1v) is 8.04. The molecule has 1 heterocycles. The number of thiazole rings is 1. The van der Waals surface area contributed by atoms with Gasteiger partial charge < -0.3 is 9.84 Å². The Balaban J connectivity index is 1.87. The fourth-order valence-electron chi connectivity index (χ4n) is 2.03. The van der Waals surface area contributed by atoms with Gasteiger partial charge in [-0.2, -0.15) is 0 Å². The molecule has 0 aliphatic rings. The number of hydrogen-bond donors (Lipinski definition) is 1. The van der Waals surface area contributed by atoms with Gasteiger partial charge in [0.2, 0.25) is 0 Å². The molecule has 3 nitrogen and oxygen atoms in total. The molecule has 0 saturated heterocycles. The van der Waals surface area contributed by atoms with Crippen LogP contribution in [0.15, 0.2) is 53.9 Å². The van der Waals surface area contributed by atoms with Crippen LogP contribution in [0.3, 0.4) is 0 Å². The first kappa shape index (κ1) is 15.0. The second-order valence-electron chi connectivity index (χ2n) is 4.72. The number of aromatic nitrogens is 1. The van der Waals surface area contributed by atoms with Gasteiger partial charge in [-0.1, -0.05) is 41.9 Å². The third-order valence-electron chi connectivity index (χ3n) is 3.12. The number of benzene rings is 2. The van der Waals surface area contributed by atoms with Gasteiger partial charge in [-0.25, -0.2) is 4.98 Å².